The van der Waals surface area contributed by atoms with Crippen LogP contribution in [0.1, 0.15) is 33.6 Å². The van der Waals surface area contributed by atoms with E-state index in [0.717, 1.165) is 16.7 Å². The Bertz CT molecular complexity index is 358. The Morgan fingerprint density at radius 1 is 1.35 bits per heavy atom. The third-order valence-corrected chi connectivity index (χ3v) is 3.51. The molecule has 0 amide bonds. The summed E-state index contributed by atoms with van der Waals surface area (Å²) in [6.45, 7) is 6.60. The number of hydrogen-bond donors (Lipinski definition) is 3. The van der Waals surface area contributed by atoms with Crippen molar-refractivity contribution >= 4 is 27.6 Å². The Balaban J connectivity index is 2.68. The van der Waals surface area contributed by atoms with E-state index in [9.17, 15) is 0 Å². The first-order valence-corrected chi connectivity index (χ1v) is 6.61. The van der Waals surface area contributed by atoms with Crippen LogP contribution in [0.5, 0.6) is 0 Å². The van der Waals surface area contributed by atoms with E-state index >= 15 is 0 Å². The van der Waals surface area contributed by atoms with Crippen molar-refractivity contribution in [2.75, 3.05) is 10.7 Å². The zero-order valence-corrected chi connectivity index (χ0v) is 12.1. The maximum atomic E-state index is 5.35. The van der Waals surface area contributed by atoms with Gasteiger partial charge in [0.15, 0.2) is 5.82 Å². The van der Waals surface area contributed by atoms with Gasteiger partial charge in [-0.15, -0.1) is 0 Å². The zero-order chi connectivity index (χ0) is 12.8. The quantitative estimate of drug-likeness (QED) is 0.556. The van der Waals surface area contributed by atoms with Gasteiger partial charge in [-0.1, -0.05) is 20.3 Å². The summed E-state index contributed by atoms with van der Waals surface area (Å²) in [5.74, 6) is 7.40. The molecule has 1 heterocycles. The number of hydrogen-bond acceptors (Lipinski definition) is 5. The van der Waals surface area contributed by atoms with Crippen LogP contribution in [0.4, 0.5) is 11.6 Å². The number of halogens is 1. The van der Waals surface area contributed by atoms with E-state index < -0.39 is 0 Å². The molecule has 5 nitrogen and oxygen atoms in total. The fraction of sp³-hybridized carbons (Fsp3) is 0.636. The highest BCUT2D eigenvalue weighted by Gasteiger charge is 2.12. The number of hydrazine groups is 1. The minimum atomic E-state index is 0.363. The molecule has 4 N–H and O–H groups in total. The van der Waals surface area contributed by atoms with E-state index in [1.165, 1.54) is 12.7 Å². The highest BCUT2D eigenvalue weighted by Crippen LogP contribution is 2.26. The zero-order valence-electron chi connectivity index (χ0n) is 10.5. The molecule has 0 fully saturated rings. The number of anilines is 2. The summed E-state index contributed by atoms with van der Waals surface area (Å²) in [4.78, 5) is 8.20. The highest BCUT2D eigenvalue weighted by molar-refractivity contribution is 9.10. The van der Waals surface area contributed by atoms with Gasteiger partial charge in [0, 0.05) is 6.04 Å². The first-order valence-electron chi connectivity index (χ1n) is 5.82. The van der Waals surface area contributed by atoms with Crippen LogP contribution in [0, 0.1) is 5.92 Å². The lowest BCUT2D eigenvalue weighted by Gasteiger charge is -2.19. The predicted octanol–water partition coefficient (Wildman–Crippen LogP) is 2.76. The lowest BCUT2D eigenvalue weighted by atomic mass is 10.0. The summed E-state index contributed by atoms with van der Waals surface area (Å²) in [7, 11) is 0. The number of rotatable bonds is 6. The van der Waals surface area contributed by atoms with Crippen LogP contribution >= 0.6 is 15.9 Å². The fourth-order valence-corrected chi connectivity index (χ4v) is 2.07. The molecule has 0 aliphatic heterocycles. The molecule has 17 heavy (non-hydrogen) atoms. The average molecular weight is 302 g/mol. The molecule has 0 saturated heterocycles. The van der Waals surface area contributed by atoms with Gasteiger partial charge >= 0.3 is 0 Å². The van der Waals surface area contributed by atoms with Gasteiger partial charge in [0.1, 0.15) is 16.6 Å². The van der Waals surface area contributed by atoms with Crippen LogP contribution in [-0.4, -0.2) is 16.0 Å². The van der Waals surface area contributed by atoms with Crippen LogP contribution < -0.4 is 16.6 Å². The normalized spacial score (nSPS) is 14.2. The van der Waals surface area contributed by atoms with Crippen molar-refractivity contribution in [2.45, 2.75) is 39.7 Å². The standard InChI is InChI=1S/C11H20BrN5/c1-4-7(2)5-8(3)16-10-9(12)11(17-13)15-6-14-10/h6-8H,4-5,13H2,1-3H3,(H2,14,15,16,17). The van der Waals surface area contributed by atoms with Crippen molar-refractivity contribution < 1.29 is 0 Å². The van der Waals surface area contributed by atoms with Crippen molar-refractivity contribution in [3.63, 3.8) is 0 Å². The minimum absolute atomic E-state index is 0.363. The van der Waals surface area contributed by atoms with Gasteiger partial charge in [0.25, 0.3) is 0 Å². The largest absolute Gasteiger partial charge is 0.367 e. The van der Waals surface area contributed by atoms with Gasteiger partial charge in [-0.2, -0.15) is 0 Å². The molecule has 0 aromatic carbocycles. The van der Waals surface area contributed by atoms with Crippen molar-refractivity contribution in [1.29, 1.82) is 0 Å². The molecule has 0 radical (unpaired) electrons. The number of nitrogens with zero attached hydrogens (tertiary/aromatic N) is 2. The highest BCUT2D eigenvalue weighted by atomic mass is 79.9. The van der Waals surface area contributed by atoms with Crippen molar-refractivity contribution in [2.24, 2.45) is 11.8 Å². The monoisotopic (exact) mass is 301 g/mol. The van der Waals surface area contributed by atoms with E-state index in [-0.39, 0.29) is 0 Å². The molecule has 1 aromatic rings. The molecule has 6 heteroatoms. The summed E-state index contributed by atoms with van der Waals surface area (Å²) in [6.07, 6.45) is 3.78. The first-order chi connectivity index (χ1) is 8.08. The Labute approximate surface area is 111 Å². The second-order valence-corrected chi connectivity index (χ2v) is 5.12. The molecule has 2 unspecified atom stereocenters. The molecule has 2 atom stereocenters. The fourth-order valence-electron chi connectivity index (χ4n) is 1.63. The molecule has 0 aliphatic rings. The SMILES string of the molecule is CCC(C)CC(C)Nc1ncnc(NN)c1Br. The Morgan fingerprint density at radius 3 is 2.59 bits per heavy atom. The summed E-state index contributed by atoms with van der Waals surface area (Å²) >= 11 is 3.42. The molecule has 0 spiro atoms. The molecule has 0 saturated carbocycles. The lowest BCUT2D eigenvalue weighted by molar-refractivity contribution is 0.483. The van der Waals surface area contributed by atoms with Gasteiger partial charge in [-0.3, -0.25) is 0 Å². The molecular formula is C11H20BrN5. The second-order valence-electron chi connectivity index (χ2n) is 4.32. The number of nitrogens with two attached hydrogens (primary N) is 1. The number of nitrogen functional groups attached to an aromatic ring is 1. The predicted molar refractivity (Wildman–Crippen MR) is 74.7 cm³/mol. The van der Waals surface area contributed by atoms with E-state index in [1.54, 1.807) is 0 Å². The smallest absolute Gasteiger partial charge is 0.159 e. The maximum absolute atomic E-state index is 5.35. The van der Waals surface area contributed by atoms with Gasteiger partial charge < -0.3 is 10.7 Å². The molecule has 1 aromatic heterocycles. The maximum Gasteiger partial charge on any atom is 0.159 e. The number of nitrogens with one attached hydrogen (secondary N) is 2. The second kappa shape index (κ2) is 6.76. The van der Waals surface area contributed by atoms with Crippen molar-refractivity contribution in [3.05, 3.63) is 10.8 Å². The van der Waals surface area contributed by atoms with E-state index in [2.05, 4.69) is 57.4 Å². The summed E-state index contributed by atoms with van der Waals surface area (Å²) in [5.41, 5.74) is 2.52. The lowest BCUT2D eigenvalue weighted by Crippen LogP contribution is -2.20. The minimum Gasteiger partial charge on any atom is -0.367 e. The Morgan fingerprint density at radius 2 is 2.00 bits per heavy atom. The van der Waals surface area contributed by atoms with Crippen LogP contribution in [-0.2, 0) is 0 Å². The van der Waals surface area contributed by atoms with Gasteiger partial charge in [-0.25, -0.2) is 15.8 Å². The van der Waals surface area contributed by atoms with Crippen LogP contribution in [0.15, 0.2) is 10.8 Å². The molecule has 0 aliphatic carbocycles. The Kier molecular flexibility index (Phi) is 5.64. The van der Waals surface area contributed by atoms with E-state index in [4.69, 9.17) is 5.84 Å². The third kappa shape index (κ3) is 4.12. The van der Waals surface area contributed by atoms with Gasteiger partial charge in [0.2, 0.25) is 0 Å². The van der Waals surface area contributed by atoms with Crippen molar-refractivity contribution in [3.8, 4) is 0 Å². The van der Waals surface area contributed by atoms with E-state index in [1.807, 2.05) is 0 Å². The average Bonchev–Trinajstić information content (AvgIpc) is 2.31. The van der Waals surface area contributed by atoms with Crippen molar-refractivity contribution in [1.82, 2.24) is 9.97 Å². The van der Waals surface area contributed by atoms with E-state index in [0.29, 0.717) is 17.8 Å². The van der Waals surface area contributed by atoms with Gasteiger partial charge in [-0.05, 0) is 35.2 Å². The molecular weight excluding hydrogens is 282 g/mol. The molecule has 1 rings (SSSR count). The van der Waals surface area contributed by atoms with Crippen LogP contribution in [0.3, 0.4) is 0 Å². The molecule has 96 valence electrons. The summed E-state index contributed by atoms with van der Waals surface area (Å²) in [6, 6.07) is 0.363. The van der Waals surface area contributed by atoms with Gasteiger partial charge in [0.05, 0.1) is 0 Å². The molecule has 0 bridgehead atoms. The third-order valence-electron chi connectivity index (χ3n) is 2.76. The Hall–Kier alpha value is -0.880. The summed E-state index contributed by atoms with van der Waals surface area (Å²) < 4.78 is 0.763. The topological polar surface area (TPSA) is 75.9 Å². The van der Waals surface area contributed by atoms with Crippen LogP contribution in [0.2, 0.25) is 0 Å². The summed E-state index contributed by atoms with van der Waals surface area (Å²) in [5, 5.41) is 3.36. The number of aromatic nitrogens is 2. The van der Waals surface area contributed by atoms with Crippen LogP contribution in [0.25, 0.3) is 0 Å². The first kappa shape index (κ1) is 14.2.